The van der Waals surface area contributed by atoms with Crippen molar-refractivity contribution in [1.29, 1.82) is 0 Å². The van der Waals surface area contributed by atoms with Crippen LogP contribution >= 0.6 is 27.3 Å². The van der Waals surface area contributed by atoms with Crippen LogP contribution < -0.4 is 10.1 Å². The highest BCUT2D eigenvalue weighted by Gasteiger charge is 2.07. The third-order valence-corrected chi connectivity index (χ3v) is 4.27. The van der Waals surface area contributed by atoms with Crippen LogP contribution in [0.1, 0.15) is 20.8 Å². The molecule has 5 heteroatoms. The van der Waals surface area contributed by atoms with E-state index in [4.69, 9.17) is 4.74 Å². The minimum atomic E-state index is -0.0651. The topological polar surface area (TPSA) is 38.3 Å². The molecule has 0 aliphatic heterocycles. The molecule has 0 saturated heterocycles. The van der Waals surface area contributed by atoms with Gasteiger partial charge in [0.15, 0.2) is 0 Å². The maximum absolute atomic E-state index is 11.8. The molecule has 0 aliphatic carbocycles. The summed E-state index contributed by atoms with van der Waals surface area (Å²) in [7, 11) is 0. The smallest absolute Gasteiger partial charge is 0.261 e. The summed E-state index contributed by atoms with van der Waals surface area (Å²) in [4.78, 5) is 12.5. The molecule has 0 aliphatic rings. The zero-order valence-corrected chi connectivity index (χ0v) is 13.8. The van der Waals surface area contributed by atoms with Crippen molar-refractivity contribution < 1.29 is 9.53 Å². The lowest BCUT2D eigenvalue weighted by atomic mass is 10.1. The predicted octanol–water partition coefficient (Wildman–Crippen LogP) is 3.94. The van der Waals surface area contributed by atoms with Crippen molar-refractivity contribution in [3.05, 3.63) is 50.1 Å². The molecule has 1 aromatic carbocycles. The summed E-state index contributed by atoms with van der Waals surface area (Å²) in [6.07, 6.45) is 0. The van der Waals surface area contributed by atoms with Gasteiger partial charge < -0.3 is 10.1 Å². The third-order valence-electron chi connectivity index (χ3n) is 2.65. The number of aryl methyl sites for hydroxylation is 2. The molecule has 0 fully saturated rings. The van der Waals surface area contributed by atoms with E-state index in [1.807, 2.05) is 32.0 Å². The van der Waals surface area contributed by atoms with Crippen molar-refractivity contribution in [3.63, 3.8) is 0 Å². The van der Waals surface area contributed by atoms with Gasteiger partial charge in [-0.3, -0.25) is 4.79 Å². The number of hydrogen-bond donors (Lipinski definition) is 1. The van der Waals surface area contributed by atoms with Crippen LogP contribution in [-0.4, -0.2) is 19.1 Å². The summed E-state index contributed by atoms with van der Waals surface area (Å²) in [6.45, 7) is 5.02. The Bertz CT molecular complexity index is 589. The third kappa shape index (κ3) is 4.35. The number of carbonyl (C=O) groups excluding carboxylic acids is 1. The number of ether oxygens (including phenoxy) is 1. The van der Waals surface area contributed by atoms with E-state index in [0.29, 0.717) is 18.0 Å². The Kier molecular flexibility index (Phi) is 5.20. The van der Waals surface area contributed by atoms with Gasteiger partial charge in [0.05, 0.1) is 15.2 Å². The fourth-order valence-corrected chi connectivity index (χ4v) is 3.18. The second kappa shape index (κ2) is 6.90. The van der Waals surface area contributed by atoms with Crippen LogP contribution in [0.2, 0.25) is 0 Å². The minimum absolute atomic E-state index is 0.0651. The maximum Gasteiger partial charge on any atom is 0.261 e. The Morgan fingerprint density at radius 2 is 1.95 bits per heavy atom. The lowest BCUT2D eigenvalue weighted by Gasteiger charge is -2.08. The molecule has 0 radical (unpaired) electrons. The Balaban J connectivity index is 1.77. The first-order valence-electron chi connectivity index (χ1n) is 6.29. The molecule has 3 nitrogen and oxygen atoms in total. The highest BCUT2D eigenvalue weighted by molar-refractivity contribution is 9.11. The molecule has 1 aromatic heterocycles. The quantitative estimate of drug-likeness (QED) is 0.826. The Morgan fingerprint density at radius 3 is 2.55 bits per heavy atom. The Labute approximate surface area is 131 Å². The number of rotatable bonds is 5. The van der Waals surface area contributed by atoms with Crippen LogP contribution in [0.15, 0.2) is 34.1 Å². The summed E-state index contributed by atoms with van der Waals surface area (Å²) in [6, 6.07) is 9.75. The summed E-state index contributed by atoms with van der Waals surface area (Å²) >= 11 is 4.76. The molecule has 1 heterocycles. The predicted molar refractivity (Wildman–Crippen MR) is 85.8 cm³/mol. The average molecular weight is 354 g/mol. The molecule has 20 heavy (non-hydrogen) atoms. The van der Waals surface area contributed by atoms with Gasteiger partial charge in [-0.2, -0.15) is 0 Å². The molecule has 1 N–H and O–H groups in total. The van der Waals surface area contributed by atoms with Crippen molar-refractivity contribution in [1.82, 2.24) is 5.32 Å². The van der Waals surface area contributed by atoms with Crippen LogP contribution in [-0.2, 0) is 0 Å². The first-order valence-corrected chi connectivity index (χ1v) is 7.90. The Hall–Kier alpha value is -1.33. The molecule has 1 amide bonds. The van der Waals surface area contributed by atoms with Crippen LogP contribution in [0.3, 0.4) is 0 Å². The van der Waals surface area contributed by atoms with Crippen molar-refractivity contribution in [2.75, 3.05) is 13.2 Å². The molecule has 0 atom stereocenters. The normalized spacial score (nSPS) is 10.3. The maximum atomic E-state index is 11.8. The number of hydrogen-bond acceptors (Lipinski definition) is 3. The number of thiophene rings is 1. The van der Waals surface area contributed by atoms with Crippen LogP contribution in [0.5, 0.6) is 5.75 Å². The molecular formula is C15H16BrNO2S. The molecule has 2 rings (SSSR count). The second-order valence-electron chi connectivity index (χ2n) is 4.53. The van der Waals surface area contributed by atoms with E-state index < -0.39 is 0 Å². The lowest BCUT2D eigenvalue weighted by Crippen LogP contribution is -2.27. The van der Waals surface area contributed by atoms with E-state index in [1.54, 1.807) is 6.07 Å². The zero-order chi connectivity index (χ0) is 14.5. The zero-order valence-electron chi connectivity index (χ0n) is 11.4. The first-order chi connectivity index (χ1) is 9.54. The second-order valence-corrected chi connectivity index (χ2v) is 6.99. The van der Waals surface area contributed by atoms with E-state index in [1.165, 1.54) is 22.5 Å². The summed E-state index contributed by atoms with van der Waals surface area (Å²) in [5.41, 5.74) is 2.35. The number of nitrogens with one attached hydrogen (secondary N) is 1. The number of benzene rings is 1. The number of amides is 1. The van der Waals surface area contributed by atoms with Crippen molar-refractivity contribution in [2.24, 2.45) is 0 Å². The molecule has 106 valence electrons. The van der Waals surface area contributed by atoms with Gasteiger partial charge in [-0.25, -0.2) is 0 Å². The van der Waals surface area contributed by atoms with E-state index in [2.05, 4.69) is 27.3 Å². The van der Waals surface area contributed by atoms with Gasteiger partial charge in [-0.05, 0) is 65.2 Å². The van der Waals surface area contributed by atoms with Gasteiger partial charge in [0.25, 0.3) is 5.91 Å². The van der Waals surface area contributed by atoms with Gasteiger partial charge in [-0.15, -0.1) is 11.3 Å². The van der Waals surface area contributed by atoms with E-state index in [0.717, 1.165) is 9.54 Å². The van der Waals surface area contributed by atoms with Gasteiger partial charge in [0.1, 0.15) is 12.4 Å². The first kappa shape index (κ1) is 15.1. The van der Waals surface area contributed by atoms with E-state index >= 15 is 0 Å². The fourth-order valence-electron chi connectivity index (χ4n) is 1.87. The van der Waals surface area contributed by atoms with Gasteiger partial charge in [0, 0.05) is 0 Å². The summed E-state index contributed by atoms with van der Waals surface area (Å²) in [5, 5.41) is 2.84. The van der Waals surface area contributed by atoms with Gasteiger partial charge in [0.2, 0.25) is 0 Å². The highest BCUT2D eigenvalue weighted by atomic mass is 79.9. The van der Waals surface area contributed by atoms with E-state index in [9.17, 15) is 4.79 Å². The molecule has 0 unspecified atom stereocenters. The molecule has 0 saturated carbocycles. The fraction of sp³-hybridized carbons (Fsp3) is 0.267. The largest absolute Gasteiger partial charge is 0.492 e. The lowest BCUT2D eigenvalue weighted by molar-refractivity contribution is 0.0951. The van der Waals surface area contributed by atoms with Gasteiger partial charge in [-0.1, -0.05) is 6.07 Å². The summed E-state index contributed by atoms with van der Waals surface area (Å²) < 4.78 is 6.59. The average Bonchev–Trinajstić information content (AvgIpc) is 2.80. The van der Waals surface area contributed by atoms with Crippen LogP contribution in [0, 0.1) is 13.8 Å². The molecule has 0 spiro atoms. The molecule has 0 bridgehead atoms. The Morgan fingerprint density at radius 1 is 1.25 bits per heavy atom. The summed E-state index contributed by atoms with van der Waals surface area (Å²) in [5.74, 6) is 0.778. The standard InChI is InChI=1S/C15H16BrNO2S/c1-10-7-11(2)9-12(8-10)19-6-5-17-15(18)13-3-4-14(16)20-13/h3-4,7-9H,5-6H2,1-2H3,(H,17,18). The van der Waals surface area contributed by atoms with E-state index in [-0.39, 0.29) is 5.91 Å². The van der Waals surface area contributed by atoms with Crippen molar-refractivity contribution >= 4 is 33.2 Å². The van der Waals surface area contributed by atoms with Gasteiger partial charge >= 0.3 is 0 Å². The van der Waals surface area contributed by atoms with Crippen LogP contribution in [0.4, 0.5) is 0 Å². The number of halogens is 1. The van der Waals surface area contributed by atoms with Crippen molar-refractivity contribution in [2.45, 2.75) is 13.8 Å². The highest BCUT2D eigenvalue weighted by Crippen LogP contribution is 2.21. The van der Waals surface area contributed by atoms with Crippen LogP contribution in [0.25, 0.3) is 0 Å². The van der Waals surface area contributed by atoms with Crippen molar-refractivity contribution in [3.8, 4) is 5.75 Å². The SMILES string of the molecule is Cc1cc(C)cc(OCCNC(=O)c2ccc(Br)s2)c1. The minimum Gasteiger partial charge on any atom is -0.492 e. The molecule has 2 aromatic rings. The number of carbonyl (C=O) groups is 1. The monoisotopic (exact) mass is 353 g/mol. The molecular weight excluding hydrogens is 338 g/mol.